The van der Waals surface area contributed by atoms with Crippen molar-refractivity contribution in [3.8, 4) is 0 Å². The van der Waals surface area contributed by atoms with Crippen LogP contribution in [0, 0.1) is 13.8 Å². The number of aryl methyl sites for hydroxylation is 2. The van der Waals surface area contributed by atoms with E-state index in [1.165, 1.54) is 11.8 Å². The Bertz CT molecular complexity index is 730. The maximum atomic E-state index is 12.1. The van der Waals surface area contributed by atoms with Crippen LogP contribution in [0.25, 0.3) is 0 Å². The monoisotopic (exact) mass is 375 g/mol. The molecule has 1 aliphatic rings. The number of carbonyl (C=O) groups excluding carboxylic acids is 1. The van der Waals surface area contributed by atoms with E-state index in [-0.39, 0.29) is 23.9 Å². The Hall–Kier alpha value is -1.99. The van der Waals surface area contributed by atoms with Crippen LogP contribution in [0.2, 0.25) is 0 Å². The summed E-state index contributed by atoms with van der Waals surface area (Å²) in [7, 11) is 0. The fourth-order valence-corrected chi connectivity index (χ4v) is 3.69. The summed E-state index contributed by atoms with van der Waals surface area (Å²) in [6.45, 7) is 9.69. The molecule has 2 heterocycles. The average molecular weight is 375 g/mol. The third-order valence-electron chi connectivity index (χ3n) is 4.27. The number of carbonyl (C=O) groups is 1. The number of anilines is 2. The molecule has 1 aromatic heterocycles. The van der Waals surface area contributed by atoms with Crippen LogP contribution < -0.4 is 10.2 Å². The summed E-state index contributed by atoms with van der Waals surface area (Å²) in [5, 5.41) is 3.44. The van der Waals surface area contributed by atoms with Crippen molar-refractivity contribution in [3.05, 3.63) is 35.7 Å². The quantitative estimate of drug-likeness (QED) is 0.805. The minimum atomic E-state index is -0.0788. The van der Waals surface area contributed by atoms with Crippen molar-refractivity contribution >= 4 is 29.0 Å². The number of hydrogen-bond acceptors (Lipinski definition) is 6. The van der Waals surface area contributed by atoms with Gasteiger partial charge in [0.05, 0.1) is 23.7 Å². The summed E-state index contributed by atoms with van der Waals surface area (Å²) in [6.07, 6.45) is 0.440. The Labute approximate surface area is 158 Å². The van der Waals surface area contributed by atoms with E-state index in [1.54, 1.807) is 0 Å². The van der Waals surface area contributed by atoms with E-state index in [1.807, 2.05) is 38.1 Å². The maximum Gasteiger partial charge on any atom is 0.256 e. The Morgan fingerprint density at radius 2 is 1.88 bits per heavy atom. The largest absolute Gasteiger partial charge is 0.437 e. The normalized spacial score (nSPS) is 20.2. The molecule has 6 nitrogen and oxygen atoms in total. The van der Waals surface area contributed by atoms with E-state index < -0.39 is 0 Å². The lowest BCUT2D eigenvalue weighted by Gasteiger charge is -2.36. The van der Waals surface area contributed by atoms with Gasteiger partial charge >= 0.3 is 0 Å². The van der Waals surface area contributed by atoms with Gasteiger partial charge in [-0.15, -0.1) is 0 Å². The molecule has 0 unspecified atom stereocenters. The molecule has 1 fully saturated rings. The minimum absolute atomic E-state index is 0.0788. The third-order valence-corrected chi connectivity index (χ3v) is 5.10. The third kappa shape index (κ3) is 4.80. The molecular formula is C19H25N3O3S. The van der Waals surface area contributed by atoms with E-state index in [2.05, 4.69) is 29.0 Å². The molecule has 0 aliphatic carbocycles. The van der Waals surface area contributed by atoms with Gasteiger partial charge in [0.1, 0.15) is 5.76 Å². The molecule has 26 heavy (non-hydrogen) atoms. The molecule has 0 saturated carbocycles. The Morgan fingerprint density at radius 1 is 1.23 bits per heavy atom. The summed E-state index contributed by atoms with van der Waals surface area (Å²) < 4.78 is 11.2. The Balaban J connectivity index is 1.52. The molecule has 2 aromatic rings. The molecule has 140 valence electrons. The topological polar surface area (TPSA) is 67.6 Å². The standard InChI is InChI=1S/C19H25N3O3S/c1-12-9-22(10-13(2)24-12)17-7-5-16(6-8-17)21-18(23)11-26-19-20-14(3)15(4)25-19/h5-8,12-13H,9-11H2,1-4H3,(H,21,23)/t12-,13-/m1/s1. The first kappa shape index (κ1) is 18.8. The van der Waals surface area contributed by atoms with Crippen LogP contribution in [0.5, 0.6) is 0 Å². The number of morpholine rings is 1. The first-order valence-corrected chi connectivity index (χ1v) is 9.76. The van der Waals surface area contributed by atoms with E-state index in [0.717, 1.165) is 35.9 Å². The van der Waals surface area contributed by atoms with Crippen molar-refractivity contribution in [1.29, 1.82) is 0 Å². The number of nitrogens with zero attached hydrogens (tertiary/aromatic N) is 2. The van der Waals surface area contributed by atoms with Crippen molar-refractivity contribution in [2.24, 2.45) is 0 Å². The average Bonchev–Trinajstić information content (AvgIpc) is 2.91. The second-order valence-corrected chi connectivity index (χ2v) is 7.59. The summed E-state index contributed by atoms with van der Waals surface area (Å²) >= 11 is 1.30. The molecule has 1 aliphatic heterocycles. The molecule has 1 aromatic carbocycles. The summed E-state index contributed by atoms with van der Waals surface area (Å²) in [5.41, 5.74) is 2.79. The van der Waals surface area contributed by atoms with Crippen molar-refractivity contribution in [3.63, 3.8) is 0 Å². The highest BCUT2D eigenvalue weighted by atomic mass is 32.2. The predicted octanol–water partition coefficient (Wildman–Crippen LogP) is 3.64. The van der Waals surface area contributed by atoms with Crippen molar-refractivity contribution < 1.29 is 13.9 Å². The van der Waals surface area contributed by atoms with E-state index in [4.69, 9.17) is 9.15 Å². The SMILES string of the molecule is Cc1nc(SCC(=O)Nc2ccc(N3C[C@@H](C)O[C@H](C)C3)cc2)oc1C. The van der Waals surface area contributed by atoms with Crippen molar-refractivity contribution in [2.75, 3.05) is 29.1 Å². The van der Waals surface area contributed by atoms with Crippen molar-refractivity contribution in [1.82, 2.24) is 4.98 Å². The Morgan fingerprint density at radius 3 is 2.46 bits per heavy atom. The van der Waals surface area contributed by atoms with Gasteiger partial charge in [0.25, 0.3) is 5.22 Å². The van der Waals surface area contributed by atoms with Gasteiger partial charge < -0.3 is 19.4 Å². The highest BCUT2D eigenvalue weighted by Crippen LogP contribution is 2.23. The second-order valence-electron chi connectivity index (χ2n) is 6.67. The summed E-state index contributed by atoms with van der Waals surface area (Å²) in [5.74, 6) is 0.972. The first-order chi connectivity index (χ1) is 12.4. The molecule has 2 atom stereocenters. The lowest BCUT2D eigenvalue weighted by molar-refractivity contribution is -0.113. The van der Waals surface area contributed by atoms with Crippen LogP contribution in [-0.2, 0) is 9.53 Å². The minimum Gasteiger partial charge on any atom is -0.437 e. The zero-order valence-electron chi connectivity index (χ0n) is 15.6. The first-order valence-electron chi connectivity index (χ1n) is 8.78. The second kappa shape index (κ2) is 8.14. The van der Waals surface area contributed by atoms with Crippen LogP contribution in [-0.4, -0.2) is 41.9 Å². The lowest BCUT2D eigenvalue weighted by Crippen LogP contribution is -2.45. The number of oxazole rings is 1. The molecule has 0 radical (unpaired) electrons. The van der Waals surface area contributed by atoms with Crippen LogP contribution in [0.4, 0.5) is 11.4 Å². The van der Waals surface area contributed by atoms with Gasteiger partial charge in [-0.3, -0.25) is 4.79 Å². The van der Waals surface area contributed by atoms with Gasteiger partial charge in [-0.05, 0) is 52.0 Å². The zero-order chi connectivity index (χ0) is 18.7. The molecule has 0 bridgehead atoms. The summed E-state index contributed by atoms with van der Waals surface area (Å²) in [6, 6.07) is 7.94. The number of amides is 1. The number of ether oxygens (including phenoxy) is 1. The van der Waals surface area contributed by atoms with E-state index >= 15 is 0 Å². The summed E-state index contributed by atoms with van der Waals surface area (Å²) in [4.78, 5) is 18.7. The van der Waals surface area contributed by atoms with Gasteiger partial charge in [0, 0.05) is 24.5 Å². The molecule has 3 rings (SSSR count). The fourth-order valence-electron chi connectivity index (χ4n) is 2.97. The van der Waals surface area contributed by atoms with Crippen LogP contribution >= 0.6 is 11.8 Å². The number of benzene rings is 1. The number of hydrogen-bond donors (Lipinski definition) is 1. The Kier molecular flexibility index (Phi) is 5.88. The molecule has 1 N–H and O–H groups in total. The highest BCUT2D eigenvalue weighted by molar-refractivity contribution is 7.99. The smallest absolute Gasteiger partial charge is 0.256 e. The van der Waals surface area contributed by atoms with Crippen LogP contribution in [0.1, 0.15) is 25.3 Å². The van der Waals surface area contributed by atoms with E-state index in [9.17, 15) is 4.79 Å². The van der Waals surface area contributed by atoms with Gasteiger partial charge in [0.15, 0.2) is 0 Å². The molecule has 0 spiro atoms. The number of aromatic nitrogens is 1. The molecule has 7 heteroatoms. The number of rotatable bonds is 5. The molecule has 1 saturated heterocycles. The van der Waals surface area contributed by atoms with Crippen molar-refractivity contribution in [2.45, 2.75) is 45.1 Å². The fraction of sp³-hybridized carbons (Fsp3) is 0.474. The van der Waals surface area contributed by atoms with E-state index in [0.29, 0.717) is 5.22 Å². The van der Waals surface area contributed by atoms with Gasteiger partial charge in [-0.2, -0.15) is 0 Å². The lowest BCUT2D eigenvalue weighted by atomic mass is 10.2. The highest BCUT2D eigenvalue weighted by Gasteiger charge is 2.22. The number of nitrogens with one attached hydrogen (secondary N) is 1. The van der Waals surface area contributed by atoms with Gasteiger partial charge in [0.2, 0.25) is 5.91 Å². The zero-order valence-corrected chi connectivity index (χ0v) is 16.4. The predicted molar refractivity (Wildman–Crippen MR) is 104 cm³/mol. The number of thioether (sulfide) groups is 1. The maximum absolute atomic E-state index is 12.1. The molecular weight excluding hydrogens is 350 g/mol. The van der Waals surface area contributed by atoms with Gasteiger partial charge in [-0.25, -0.2) is 4.98 Å². The van der Waals surface area contributed by atoms with Crippen LogP contribution in [0.3, 0.4) is 0 Å². The van der Waals surface area contributed by atoms with Crippen LogP contribution in [0.15, 0.2) is 33.9 Å². The van der Waals surface area contributed by atoms with Gasteiger partial charge in [-0.1, -0.05) is 11.8 Å². The molecule has 1 amide bonds.